The molecule has 1 atom stereocenters. The van der Waals surface area contributed by atoms with Crippen molar-refractivity contribution >= 4 is 22.6 Å². The summed E-state index contributed by atoms with van der Waals surface area (Å²) in [7, 11) is 0. The van der Waals surface area contributed by atoms with Crippen molar-refractivity contribution in [2.75, 3.05) is 6.61 Å². The molecule has 0 spiro atoms. The van der Waals surface area contributed by atoms with Crippen molar-refractivity contribution in [1.82, 2.24) is 0 Å². The van der Waals surface area contributed by atoms with Crippen LogP contribution in [0.3, 0.4) is 0 Å². The number of aliphatic hydroxyl groups excluding tert-OH is 1. The molecule has 15 heavy (non-hydrogen) atoms. The Morgan fingerprint density at radius 3 is 2.93 bits per heavy atom. The Morgan fingerprint density at radius 2 is 2.27 bits per heavy atom. The Bertz CT molecular complexity index is 495. The van der Waals surface area contributed by atoms with Crippen molar-refractivity contribution in [3.8, 4) is 5.75 Å². The van der Waals surface area contributed by atoms with Gasteiger partial charge in [-0.3, -0.25) is 0 Å². The van der Waals surface area contributed by atoms with Gasteiger partial charge < -0.3 is 20.4 Å². The lowest BCUT2D eigenvalue weighted by molar-refractivity contribution is 0.265. The number of phenolic OH excluding ortho intramolecular Hbond substituents is 1. The van der Waals surface area contributed by atoms with E-state index < -0.39 is 6.04 Å². The minimum absolute atomic E-state index is 0.105. The van der Waals surface area contributed by atoms with Crippen molar-refractivity contribution in [2.24, 2.45) is 5.73 Å². The molecule has 0 saturated carbocycles. The maximum atomic E-state index is 9.75. The summed E-state index contributed by atoms with van der Waals surface area (Å²) in [5.41, 5.74) is 6.53. The van der Waals surface area contributed by atoms with Crippen LogP contribution < -0.4 is 5.73 Å². The maximum absolute atomic E-state index is 9.75. The predicted octanol–water partition coefficient (Wildman–Crippen LogP) is 1.78. The van der Waals surface area contributed by atoms with Crippen LogP contribution in [0.15, 0.2) is 22.8 Å². The fourth-order valence-corrected chi connectivity index (χ4v) is 1.72. The lowest BCUT2D eigenvalue weighted by atomic mass is 10.1. The quantitative estimate of drug-likeness (QED) is 0.731. The van der Waals surface area contributed by atoms with Crippen molar-refractivity contribution in [3.63, 3.8) is 0 Å². The highest BCUT2D eigenvalue weighted by Gasteiger charge is 2.17. The standard InChI is InChI=1S/C10H10ClNO3/c11-9-5-1-2-15-8(5)3-6(10(9)14)7(12)4-13/h1-3,7,13-14H,4,12H2. The second-order valence-corrected chi connectivity index (χ2v) is 3.63. The van der Waals surface area contributed by atoms with Gasteiger partial charge in [-0.25, -0.2) is 0 Å². The van der Waals surface area contributed by atoms with Gasteiger partial charge in [-0.15, -0.1) is 0 Å². The minimum Gasteiger partial charge on any atom is -0.506 e. The molecule has 2 rings (SSSR count). The Morgan fingerprint density at radius 1 is 1.53 bits per heavy atom. The minimum atomic E-state index is -0.669. The second kappa shape index (κ2) is 3.73. The van der Waals surface area contributed by atoms with E-state index in [0.29, 0.717) is 16.5 Å². The average molecular weight is 228 g/mol. The molecule has 0 fully saturated rings. The number of phenols is 1. The molecule has 0 radical (unpaired) electrons. The zero-order valence-electron chi connectivity index (χ0n) is 7.77. The van der Waals surface area contributed by atoms with Crippen LogP contribution in [0.5, 0.6) is 5.75 Å². The Hall–Kier alpha value is -1.23. The highest BCUT2D eigenvalue weighted by atomic mass is 35.5. The molecule has 5 heteroatoms. The van der Waals surface area contributed by atoms with Crippen LogP contribution in [-0.4, -0.2) is 16.8 Å². The molecule has 0 aliphatic carbocycles. The Kier molecular flexibility index (Phi) is 2.56. The largest absolute Gasteiger partial charge is 0.506 e. The van der Waals surface area contributed by atoms with E-state index in [1.54, 1.807) is 12.1 Å². The van der Waals surface area contributed by atoms with Gasteiger partial charge in [-0.05, 0) is 12.1 Å². The molecule has 80 valence electrons. The van der Waals surface area contributed by atoms with Gasteiger partial charge in [-0.2, -0.15) is 0 Å². The summed E-state index contributed by atoms with van der Waals surface area (Å²) in [5, 5.41) is 19.5. The van der Waals surface area contributed by atoms with E-state index in [4.69, 9.17) is 26.9 Å². The first kappa shape index (κ1) is 10.3. The van der Waals surface area contributed by atoms with Gasteiger partial charge in [0, 0.05) is 10.9 Å². The van der Waals surface area contributed by atoms with Crippen LogP contribution in [0.25, 0.3) is 11.0 Å². The highest BCUT2D eigenvalue weighted by molar-refractivity contribution is 6.37. The van der Waals surface area contributed by atoms with Crippen LogP contribution in [0.2, 0.25) is 5.02 Å². The summed E-state index contributed by atoms with van der Waals surface area (Å²) < 4.78 is 5.16. The molecule has 0 amide bonds. The van der Waals surface area contributed by atoms with E-state index in [2.05, 4.69) is 0 Å². The molecule has 0 saturated heterocycles. The normalized spacial score (nSPS) is 13.3. The number of rotatable bonds is 2. The number of furan rings is 1. The van der Waals surface area contributed by atoms with E-state index in [0.717, 1.165) is 0 Å². The third-order valence-electron chi connectivity index (χ3n) is 2.30. The van der Waals surface area contributed by atoms with Gasteiger partial charge in [0.2, 0.25) is 0 Å². The smallest absolute Gasteiger partial charge is 0.139 e. The van der Waals surface area contributed by atoms with Crippen LogP contribution in [0.4, 0.5) is 0 Å². The summed E-state index contributed by atoms with van der Waals surface area (Å²) in [6.07, 6.45) is 1.48. The lowest BCUT2D eigenvalue weighted by Gasteiger charge is -2.11. The van der Waals surface area contributed by atoms with E-state index in [1.807, 2.05) is 0 Å². The van der Waals surface area contributed by atoms with Crippen LogP contribution >= 0.6 is 11.6 Å². The van der Waals surface area contributed by atoms with Gasteiger partial charge in [0.05, 0.1) is 23.9 Å². The first-order valence-corrected chi connectivity index (χ1v) is 4.78. The summed E-state index contributed by atoms with van der Waals surface area (Å²) in [5.74, 6) is -0.105. The first-order valence-electron chi connectivity index (χ1n) is 4.40. The molecule has 1 heterocycles. The number of hydrogen-bond donors (Lipinski definition) is 3. The molecule has 1 aromatic carbocycles. The average Bonchev–Trinajstić information content (AvgIpc) is 2.70. The number of aromatic hydroxyl groups is 1. The summed E-state index contributed by atoms with van der Waals surface area (Å²) in [4.78, 5) is 0. The molecule has 0 aliphatic heterocycles. The molecular weight excluding hydrogens is 218 g/mol. The fraction of sp³-hybridized carbons (Fsp3) is 0.200. The zero-order valence-corrected chi connectivity index (χ0v) is 8.53. The topological polar surface area (TPSA) is 79.6 Å². The predicted molar refractivity (Wildman–Crippen MR) is 56.9 cm³/mol. The molecule has 0 aliphatic rings. The lowest BCUT2D eigenvalue weighted by Crippen LogP contribution is -2.14. The molecule has 4 N–H and O–H groups in total. The molecule has 0 bridgehead atoms. The third-order valence-corrected chi connectivity index (χ3v) is 2.68. The van der Waals surface area contributed by atoms with E-state index in [-0.39, 0.29) is 17.4 Å². The van der Waals surface area contributed by atoms with Gasteiger partial charge >= 0.3 is 0 Å². The molecule has 1 aromatic heterocycles. The summed E-state index contributed by atoms with van der Waals surface area (Å²) in [6, 6.07) is 2.57. The number of halogens is 1. The molecule has 1 unspecified atom stereocenters. The first-order chi connectivity index (χ1) is 7.15. The molecular formula is C10H10ClNO3. The number of nitrogens with two attached hydrogens (primary N) is 1. The molecule has 4 nitrogen and oxygen atoms in total. The van der Waals surface area contributed by atoms with Crippen molar-refractivity contribution in [1.29, 1.82) is 0 Å². The van der Waals surface area contributed by atoms with Crippen LogP contribution in [-0.2, 0) is 0 Å². The van der Waals surface area contributed by atoms with Gasteiger partial charge in [0.1, 0.15) is 11.3 Å². The van der Waals surface area contributed by atoms with Gasteiger partial charge in [-0.1, -0.05) is 11.6 Å². The van der Waals surface area contributed by atoms with E-state index in [1.165, 1.54) is 6.26 Å². The summed E-state index contributed by atoms with van der Waals surface area (Å²) in [6.45, 7) is -0.268. The van der Waals surface area contributed by atoms with E-state index >= 15 is 0 Å². The number of benzene rings is 1. The van der Waals surface area contributed by atoms with Crippen molar-refractivity contribution in [3.05, 3.63) is 29.0 Å². The fourth-order valence-electron chi connectivity index (χ4n) is 1.46. The SMILES string of the molecule is NC(CO)c1cc2occc2c(Cl)c1O. The number of hydrogen-bond acceptors (Lipinski definition) is 4. The summed E-state index contributed by atoms with van der Waals surface area (Å²) >= 11 is 5.93. The number of aliphatic hydroxyl groups is 1. The Balaban J connectivity index is 2.70. The molecule has 2 aromatic rings. The Labute approximate surface area is 90.9 Å². The van der Waals surface area contributed by atoms with Crippen molar-refractivity contribution < 1.29 is 14.6 Å². The van der Waals surface area contributed by atoms with Gasteiger partial charge in [0.15, 0.2) is 0 Å². The zero-order chi connectivity index (χ0) is 11.0. The van der Waals surface area contributed by atoms with Crippen molar-refractivity contribution in [2.45, 2.75) is 6.04 Å². The van der Waals surface area contributed by atoms with E-state index in [9.17, 15) is 5.11 Å². The highest BCUT2D eigenvalue weighted by Crippen LogP contribution is 2.37. The van der Waals surface area contributed by atoms with Crippen LogP contribution in [0, 0.1) is 0 Å². The third kappa shape index (κ3) is 1.56. The second-order valence-electron chi connectivity index (χ2n) is 3.25. The number of fused-ring (bicyclic) bond motifs is 1. The maximum Gasteiger partial charge on any atom is 0.139 e. The van der Waals surface area contributed by atoms with Crippen LogP contribution in [0.1, 0.15) is 11.6 Å². The monoisotopic (exact) mass is 227 g/mol. The van der Waals surface area contributed by atoms with Gasteiger partial charge in [0.25, 0.3) is 0 Å².